The van der Waals surface area contributed by atoms with Crippen molar-refractivity contribution in [2.24, 2.45) is 7.05 Å². The van der Waals surface area contributed by atoms with E-state index in [-0.39, 0.29) is 11.1 Å². The molecule has 1 atom stereocenters. The number of nitrogens with zero attached hydrogens (tertiary/aromatic N) is 1. The van der Waals surface area contributed by atoms with Crippen molar-refractivity contribution in [1.82, 2.24) is 9.88 Å². The molecule has 0 spiro atoms. The highest BCUT2D eigenvalue weighted by Crippen LogP contribution is 2.10. The first-order valence-electron chi connectivity index (χ1n) is 5.39. The number of aliphatic hydroxyl groups excluding tert-OH is 1. The van der Waals surface area contributed by atoms with Crippen LogP contribution in [0.4, 0.5) is 0 Å². The van der Waals surface area contributed by atoms with E-state index in [2.05, 4.69) is 5.32 Å². The number of nitrogens with one attached hydrogen (secondary N) is 1. The van der Waals surface area contributed by atoms with Crippen molar-refractivity contribution in [3.05, 3.63) is 34.2 Å². The molecule has 0 aliphatic rings. The Morgan fingerprint density at radius 3 is 2.62 bits per heavy atom. The Balaban J connectivity index is 2.70. The highest BCUT2D eigenvalue weighted by Gasteiger charge is 2.13. The SMILES string of the molecule is Cn1ccc(C(O)CNC(C)(C)C)cc1=O. The fourth-order valence-electron chi connectivity index (χ4n) is 1.29. The lowest BCUT2D eigenvalue weighted by Gasteiger charge is -2.23. The third kappa shape index (κ3) is 3.79. The molecule has 0 radical (unpaired) electrons. The second-order valence-corrected chi connectivity index (χ2v) is 5.06. The van der Waals surface area contributed by atoms with Gasteiger partial charge in [0.15, 0.2) is 0 Å². The lowest BCUT2D eigenvalue weighted by atomic mass is 10.1. The third-order valence-corrected chi connectivity index (χ3v) is 2.34. The van der Waals surface area contributed by atoms with Crippen LogP contribution in [0.2, 0.25) is 0 Å². The van der Waals surface area contributed by atoms with Crippen LogP contribution in [0.25, 0.3) is 0 Å². The quantitative estimate of drug-likeness (QED) is 0.798. The van der Waals surface area contributed by atoms with Gasteiger partial charge in [-0.25, -0.2) is 0 Å². The molecule has 0 saturated carbocycles. The van der Waals surface area contributed by atoms with Gasteiger partial charge in [-0.2, -0.15) is 0 Å². The van der Waals surface area contributed by atoms with Gasteiger partial charge in [0.25, 0.3) is 5.56 Å². The van der Waals surface area contributed by atoms with Gasteiger partial charge in [0.1, 0.15) is 0 Å². The molecule has 0 aliphatic heterocycles. The standard InChI is InChI=1S/C12H20N2O2/c1-12(2,3)13-8-10(15)9-5-6-14(4)11(16)7-9/h5-7,10,13,15H,8H2,1-4H3. The van der Waals surface area contributed by atoms with Crippen LogP contribution in [-0.2, 0) is 7.05 Å². The molecule has 1 heterocycles. The number of hydrogen-bond donors (Lipinski definition) is 2. The minimum absolute atomic E-state index is 0.0410. The van der Waals surface area contributed by atoms with E-state index in [9.17, 15) is 9.90 Å². The Labute approximate surface area is 95.9 Å². The van der Waals surface area contributed by atoms with Gasteiger partial charge in [0, 0.05) is 31.4 Å². The Bertz CT molecular complexity index is 404. The number of rotatable bonds is 3. The summed E-state index contributed by atoms with van der Waals surface area (Å²) in [6.45, 7) is 6.54. The average molecular weight is 224 g/mol. The van der Waals surface area contributed by atoms with Crippen LogP contribution < -0.4 is 10.9 Å². The largest absolute Gasteiger partial charge is 0.387 e. The normalized spacial score (nSPS) is 13.8. The highest BCUT2D eigenvalue weighted by atomic mass is 16.3. The minimum atomic E-state index is -0.645. The number of aliphatic hydroxyl groups is 1. The molecule has 0 aromatic carbocycles. The van der Waals surface area contributed by atoms with Gasteiger partial charge in [-0.15, -0.1) is 0 Å². The summed E-state index contributed by atoms with van der Waals surface area (Å²) < 4.78 is 1.48. The lowest BCUT2D eigenvalue weighted by Crippen LogP contribution is -2.38. The fraction of sp³-hybridized carbons (Fsp3) is 0.583. The summed E-state index contributed by atoms with van der Waals surface area (Å²) in [7, 11) is 1.69. The zero-order valence-corrected chi connectivity index (χ0v) is 10.3. The van der Waals surface area contributed by atoms with E-state index in [1.807, 2.05) is 20.8 Å². The molecule has 0 aliphatic carbocycles. The predicted molar refractivity (Wildman–Crippen MR) is 64.4 cm³/mol. The summed E-state index contributed by atoms with van der Waals surface area (Å²) in [6, 6.07) is 3.23. The second kappa shape index (κ2) is 4.80. The van der Waals surface area contributed by atoms with E-state index < -0.39 is 6.10 Å². The molecule has 90 valence electrons. The van der Waals surface area contributed by atoms with E-state index in [4.69, 9.17) is 0 Å². The molecule has 4 nitrogen and oxygen atoms in total. The summed E-state index contributed by atoms with van der Waals surface area (Å²) in [5, 5.41) is 13.1. The van der Waals surface area contributed by atoms with Crippen LogP contribution >= 0.6 is 0 Å². The lowest BCUT2D eigenvalue weighted by molar-refractivity contribution is 0.163. The van der Waals surface area contributed by atoms with E-state index in [1.165, 1.54) is 10.6 Å². The Kier molecular flexibility index (Phi) is 3.88. The van der Waals surface area contributed by atoms with Gasteiger partial charge in [-0.1, -0.05) is 0 Å². The van der Waals surface area contributed by atoms with Crippen LogP contribution in [-0.4, -0.2) is 21.8 Å². The maximum atomic E-state index is 11.4. The van der Waals surface area contributed by atoms with Crippen molar-refractivity contribution in [3.63, 3.8) is 0 Å². The van der Waals surface area contributed by atoms with Gasteiger partial charge in [0.2, 0.25) is 0 Å². The molecule has 1 aromatic rings. The van der Waals surface area contributed by atoms with Gasteiger partial charge in [0.05, 0.1) is 6.10 Å². The van der Waals surface area contributed by atoms with Crippen molar-refractivity contribution in [2.45, 2.75) is 32.4 Å². The summed E-state index contributed by atoms with van der Waals surface area (Å²) in [5.41, 5.74) is 0.507. The van der Waals surface area contributed by atoms with Crippen molar-refractivity contribution >= 4 is 0 Å². The number of pyridine rings is 1. The van der Waals surface area contributed by atoms with Crippen molar-refractivity contribution in [2.75, 3.05) is 6.54 Å². The first-order chi connectivity index (χ1) is 7.29. The van der Waals surface area contributed by atoms with Gasteiger partial charge in [-0.3, -0.25) is 4.79 Å². The fourth-order valence-corrected chi connectivity index (χ4v) is 1.29. The summed E-state index contributed by atoms with van der Waals surface area (Å²) in [5.74, 6) is 0. The number of β-amino-alcohol motifs (C(OH)–C–C–N with tert-alkyl or cyclic N) is 1. The zero-order chi connectivity index (χ0) is 12.3. The van der Waals surface area contributed by atoms with E-state index in [1.54, 1.807) is 19.3 Å². The Morgan fingerprint density at radius 1 is 1.50 bits per heavy atom. The second-order valence-electron chi connectivity index (χ2n) is 5.06. The average Bonchev–Trinajstić information content (AvgIpc) is 2.17. The molecular weight excluding hydrogens is 204 g/mol. The van der Waals surface area contributed by atoms with Crippen LogP contribution in [0, 0.1) is 0 Å². The summed E-state index contributed by atoms with van der Waals surface area (Å²) >= 11 is 0. The first-order valence-corrected chi connectivity index (χ1v) is 5.39. The monoisotopic (exact) mass is 224 g/mol. The summed E-state index contributed by atoms with van der Waals surface area (Å²) in [4.78, 5) is 11.4. The van der Waals surface area contributed by atoms with Gasteiger partial charge >= 0.3 is 0 Å². The molecule has 0 bridgehead atoms. The molecular formula is C12H20N2O2. The number of hydrogen-bond acceptors (Lipinski definition) is 3. The van der Waals surface area contributed by atoms with Crippen molar-refractivity contribution in [1.29, 1.82) is 0 Å². The third-order valence-electron chi connectivity index (χ3n) is 2.34. The van der Waals surface area contributed by atoms with E-state index in [0.717, 1.165) is 0 Å². The van der Waals surface area contributed by atoms with Crippen LogP contribution in [0.1, 0.15) is 32.4 Å². The van der Waals surface area contributed by atoms with E-state index in [0.29, 0.717) is 12.1 Å². The molecule has 2 N–H and O–H groups in total. The molecule has 0 amide bonds. The Morgan fingerprint density at radius 2 is 2.12 bits per heavy atom. The molecule has 1 aromatic heterocycles. The summed E-state index contributed by atoms with van der Waals surface area (Å²) in [6.07, 6.45) is 1.02. The topological polar surface area (TPSA) is 54.3 Å². The van der Waals surface area contributed by atoms with Crippen molar-refractivity contribution in [3.8, 4) is 0 Å². The minimum Gasteiger partial charge on any atom is -0.387 e. The van der Waals surface area contributed by atoms with Crippen molar-refractivity contribution < 1.29 is 5.11 Å². The number of aryl methyl sites for hydroxylation is 1. The van der Waals surface area contributed by atoms with Gasteiger partial charge in [-0.05, 0) is 32.4 Å². The smallest absolute Gasteiger partial charge is 0.250 e. The maximum absolute atomic E-state index is 11.4. The molecule has 1 rings (SSSR count). The van der Waals surface area contributed by atoms with Crippen LogP contribution in [0.15, 0.2) is 23.1 Å². The molecule has 4 heteroatoms. The maximum Gasteiger partial charge on any atom is 0.250 e. The molecule has 16 heavy (non-hydrogen) atoms. The first kappa shape index (κ1) is 12.9. The van der Waals surface area contributed by atoms with Crippen LogP contribution in [0.5, 0.6) is 0 Å². The molecule has 0 saturated heterocycles. The molecule has 0 fully saturated rings. The highest BCUT2D eigenvalue weighted by molar-refractivity contribution is 5.14. The number of aromatic nitrogens is 1. The predicted octanol–water partition coefficient (Wildman–Crippen LogP) is 0.807. The van der Waals surface area contributed by atoms with Gasteiger partial charge < -0.3 is 15.0 Å². The van der Waals surface area contributed by atoms with Crippen LogP contribution in [0.3, 0.4) is 0 Å². The Hall–Kier alpha value is -1.13. The van der Waals surface area contributed by atoms with E-state index >= 15 is 0 Å². The molecule has 1 unspecified atom stereocenters. The zero-order valence-electron chi connectivity index (χ0n) is 10.3.